The molecule has 198 valence electrons. The Morgan fingerprint density at radius 1 is 1.11 bits per heavy atom. The minimum atomic E-state index is -4.64. The van der Waals surface area contributed by atoms with Gasteiger partial charge in [-0.3, -0.25) is 14.3 Å². The number of nitrogens with one attached hydrogen (secondary N) is 1. The molecule has 5 aliphatic rings. The summed E-state index contributed by atoms with van der Waals surface area (Å²) in [5.41, 5.74) is -0.289. The van der Waals surface area contributed by atoms with E-state index in [2.05, 4.69) is 20.3 Å². The van der Waals surface area contributed by atoms with E-state index in [-0.39, 0.29) is 47.8 Å². The van der Waals surface area contributed by atoms with Crippen LogP contribution in [0, 0.1) is 0 Å². The number of carbonyl (C=O) groups is 2. The third-order valence-electron chi connectivity index (χ3n) is 8.45. The van der Waals surface area contributed by atoms with Crippen LogP contribution in [0.25, 0.3) is 0 Å². The van der Waals surface area contributed by atoms with Gasteiger partial charge in [0.2, 0.25) is 11.8 Å². The number of hydrogen-bond acceptors (Lipinski definition) is 7. The van der Waals surface area contributed by atoms with Crippen molar-refractivity contribution in [2.75, 3.05) is 0 Å². The molecule has 0 saturated heterocycles. The maximum Gasteiger partial charge on any atom is 0.522 e. The summed E-state index contributed by atoms with van der Waals surface area (Å²) in [4.78, 5) is 25.7. The summed E-state index contributed by atoms with van der Waals surface area (Å²) in [6.07, 6.45) is -1.67. The molecule has 4 fully saturated rings. The lowest BCUT2D eigenvalue weighted by Gasteiger charge is -2.52. The molecule has 4 saturated carbocycles. The van der Waals surface area contributed by atoms with Gasteiger partial charge >= 0.3 is 6.36 Å². The van der Waals surface area contributed by atoms with E-state index in [9.17, 15) is 22.8 Å². The Morgan fingerprint density at radius 3 is 2.49 bits per heavy atom. The van der Waals surface area contributed by atoms with Crippen LogP contribution in [0.5, 0.6) is 5.75 Å². The highest BCUT2D eigenvalue weighted by atomic mass is 35.5. The van der Waals surface area contributed by atoms with Gasteiger partial charge in [0, 0.05) is 21.9 Å². The molecule has 2 heterocycles. The number of hydrogen-bond donors (Lipinski definition) is 1. The van der Waals surface area contributed by atoms with E-state index in [0.29, 0.717) is 47.4 Å². The fourth-order valence-electron chi connectivity index (χ4n) is 6.14. The van der Waals surface area contributed by atoms with E-state index < -0.39 is 18.6 Å². The van der Waals surface area contributed by atoms with Gasteiger partial charge in [0.15, 0.2) is 11.9 Å². The summed E-state index contributed by atoms with van der Waals surface area (Å²) in [5, 5.41) is 12.0. The number of ketones is 1. The third kappa shape index (κ3) is 4.60. The van der Waals surface area contributed by atoms with Gasteiger partial charge in [-0.2, -0.15) is 0 Å². The van der Waals surface area contributed by atoms with Crippen molar-refractivity contribution in [1.82, 2.24) is 15.5 Å². The summed E-state index contributed by atoms with van der Waals surface area (Å²) in [5.74, 6) is 0.544. The molecule has 1 aromatic carbocycles. The normalized spacial score (nSPS) is 32.9. The van der Waals surface area contributed by atoms with Gasteiger partial charge < -0.3 is 14.5 Å². The average molecular weight is 540 g/mol. The summed E-state index contributed by atoms with van der Waals surface area (Å²) >= 11 is 5.98. The molecule has 7 rings (SSSR count). The van der Waals surface area contributed by atoms with Crippen molar-refractivity contribution in [3.8, 4) is 5.75 Å². The Bertz CT molecular complexity index is 1220. The molecule has 1 N–H and O–H groups in total. The van der Waals surface area contributed by atoms with Gasteiger partial charge in [0.1, 0.15) is 5.75 Å². The number of ether oxygens (including phenoxy) is 2. The molecular formula is C25H25ClF3N3O5. The highest BCUT2D eigenvalue weighted by Gasteiger charge is 2.53. The lowest BCUT2D eigenvalue weighted by Crippen LogP contribution is -2.60. The predicted octanol–water partition coefficient (Wildman–Crippen LogP) is 5.00. The fraction of sp³-hybridized carbons (Fsp3) is 0.600. The second-order valence-electron chi connectivity index (χ2n) is 10.7. The number of aromatic nitrogens is 2. The number of alkyl halides is 3. The minimum absolute atomic E-state index is 0.0417. The van der Waals surface area contributed by atoms with Crippen LogP contribution in [0.4, 0.5) is 13.2 Å². The van der Waals surface area contributed by atoms with E-state index >= 15 is 0 Å². The van der Waals surface area contributed by atoms with E-state index in [0.717, 1.165) is 19.3 Å². The monoisotopic (exact) mass is 539 g/mol. The number of Topliss-reactive ketones (excluding diaryl/α,β-unsaturated/α-hetero) is 1. The number of fused-ring (bicyclic) bond motifs is 4. The Labute approximate surface area is 215 Å². The van der Waals surface area contributed by atoms with Crippen LogP contribution < -0.4 is 10.1 Å². The Kier molecular flexibility index (Phi) is 5.79. The van der Waals surface area contributed by atoms with Crippen molar-refractivity contribution in [2.24, 2.45) is 0 Å². The predicted molar refractivity (Wildman–Crippen MR) is 122 cm³/mol. The van der Waals surface area contributed by atoms with Crippen molar-refractivity contribution < 1.29 is 36.7 Å². The average Bonchev–Trinajstić information content (AvgIpc) is 3.32. The molecule has 1 amide bonds. The van der Waals surface area contributed by atoms with Crippen LogP contribution >= 0.6 is 11.6 Å². The molecule has 8 nitrogen and oxygen atoms in total. The molecule has 1 unspecified atom stereocenters. The van der Waals surface area contributed by atoms with E-state index in [1.165, 1.54) is 0 Å². The summed E-state index contributed by atoms with van der Waals surface area (Å²) in [6, 6.07) is 4.78. The molecule has 1 aromatic heterocycles. The molecule has 1 aliphatic heterocycles. The maximum absolute atomic E-state index is 13.1. The molecule has 1 atom stereocenters. The summed E-state index contributed by atoms with van der Waals surface area (Å²) < 4.78 is 53.0. The molecule has 12 heteroatoms. The number of amides is 1. The maximum atomic E-state index is 13.1. The Morgan fingerprint density at radius 2 is 1.81 bits per heavy atom. The molecule has 2 aromatic rings. The van der Waals surface area contributed by atoms with Gasteiger partial charge in [-0.25, -0.2) is 0 Å². The number of benzene rings is 1. The summed E-state index contributed by atoms with van der Waals surface area (Å²) in [7, 11) is 0. The first-order chi connectivity index (χ1) is 17.5. The molecule has 37 heavy (non-hydrogen) atoms. The van der Waals surface area contributed by atoms with Gasteiger partial charge in [-0.05, 0) is 69.6 Å². The van der Waals surface area contributed by atoms with Gasteiger partial charge in [-0.1, -0.05) is 11.6 Å². The van der Waals surface area contributed by atoms with Crippen LogP contribution in [-0.4, -0.2) is 46.0 Å². The molecule has 2 bridgehead atoms. The van der Waals surface area contributed by atoms with Crippen LogP contribution in [0.3, 0.4) is 0 Å². The van der Waals surface area contributed by atoms with Crippen molar-refractivity contribution >= 4 is 23.3 Å². The standard InChI is InChI=1S/C25H25ClF3N3O5/c26-14-1-2-18-16(11-14)17(33)12-19(35-18)20(34)30-24-6-3-23(4-7-24,5-8-24)22-32-31-21(36-22)13-9-15(10-13)37-25(27,28)29/h1-2,11,13,15,19H,3-10,12H2,(H,30,34). The van der Waals surface area contributed by atoms with Crippen LogP contribution in [0.15, 0.2) is 22.6 Å². The Balaban J connectivity index is 1.06. The largest absolute Gasteiger partial charge is 0.522 e. The van der Waals surface area contributed by atoms with Crippen molar-refractivity contribution in [1.29, 1.82) is 0 Å². The van der Waals surface area contributed by atoms with Gasteiger partial charge in [0.05, 0.1) is 18.1 Å². The summed E-state index contributed by atoms with van der Waals surface area (Å²) in [6.45, 7) is 0. The molecular weight excluding hydrogens is 515 g/mol. The zero-order chi connectivity index (χ0) is 26.0. The van der Waals surface area contributed by atoms with Gasteiger partial charge in [-0.15, -0.1) is 23.4 Å². The van der Waals surface area contributed by atoms with E-state index in [1.54, 1.807) is 18.2 Å². The third-order valence-corrected chi connectivity index (χ3v) is 8.68. The first kappa shape index (κ1) is 24.7. The van der Waals surface area contributed by atoms with Crippen LogP contribution in [0.1, 0.15) is 85.8 Å². The first-order valence-electron chi connectivity index (χ1n) is 12.4. The second kappa shape index (κ2) is 8.69. The molecule has 4 aliphatic carbocycles. The highest BCUT2D eigenvalue weighted by molar-refractivity contribution is 6.31. The quantitative estimate of drug-likeness (QED) is 0.570. The second-order valence-corrected chi connectivity index (χ2v) is 11.2. The zero-order valence-electron chi connectivity index (χ0n) is 19.8. The van der Waals surface area contributed by atoms with Crippen LogP contribution in [-0.2, 0) is 14.9 Å². The van der Waals surface area contributed by atoms with Crippen LogP contribution in [0.2, 0.25) is 5.02 Å². The topological polar surface area (TPSA) is 104 Å². The number of halogens is 4. The number of nitrogens with zero attached hydrogens (tertiary/aromatic N) is 2. The van der Waals surface area contributed by atoms with E-state index in [1.807, 2.05) is 0 Å². The fourth-order valence-corrected chi connectivity index (χ4v) is 6.32. The molecule has 0 radical (unpaired) electrons. The van der Waals surface area contributed by atoms with E-state index in [4.69, 9.17) is 20.8 Å². The number of rotatable bonds is 5. The Hall–Kier alpha value is -2.66. The lowest BCUT2D eigenvalue weighted by molar-refractivity contribution is -0.352. The smallest absolute Gasteiger partial charge is 0.479 e. The van der Waals surface area contributed by atoms with Gasteiger partial charge in [0.25, 0.3) is 5.91 Å². The zero-order valence-corrected chi connectivity index (χ0v) is 20.5. The minimum Gasteiger partial charge on any atom is -0.479 e. The van der Waals surface area contributed by atoms with Crippen molar-refractivity contribution in [3.05, 3.63) is 40.6 Å². The number of carbonyl (C=O) groups excluding carboxylic acids is 2. The van der Waals surface area contributed by atoms with Crippen molar-refractivity contribution in [2.45, 2.75) is 93.2 Å². The SMILES string of the molecule is O=C1CC(C(=O)NC23CCC(c4nnc(C5CC(OC(F)(F)F)C5)o4)(CC2)CC3)Oc2ccc(Cl)cc21. The first-order valence-corrected chi connectivity index (χ1v) is 12.8. The lowest BCUT2D eigenvalue weighted by atomic mass is 9.57. The van der Waals surface area contributed by atoms with Crippen molar-refractivity contribution in [3.63, 3.8) is 0 Å². The molecule has 0 spiro atoms. The highest BCUT2D eigenvalue weighted by Crippen LogP contribution is 2.54.